The van der Waals surface area contributed by atoms with E-state index in [1.807, 2.05) is 12.1 Å². The standard InChI is InChI=1S/C26H26F3N3O2S/c27-26(28,29)34-22-13-15-23(16-14-22)35(30,33)31-20-11-12-21(17-20)32-24-7-3-1-5-18(24)9-10-19-6-2-4-8-25(19)32/h1-8,13-16,20-21H,9-12,17H2,(H2,30,31,33). The topological polar surface area (TPSA) is 65.4 Å². The van der Waals surface area contributed by atoms with Gasteiger partial charge >= 0.3 is 6.36 Å². The fraction of sp³-hybridized carbons (Fsp3) is 0.308. The van der Waals surface area contributed by atoms with E-state index in [1.165, 1.54) is 34.6 Å². The van der Waals surface area contributed by atoms with Crippen LogP contribution in [-0.4, -0.2) is 22.7 Å². The fourth-order valence-electron chi connectivity index (χ4n) is 5.14. The Hall–Kier alpha value is -3.04. The molecule has 35 heavy (non-hydrogen) atoms. The van der Waals surface area contributed by atoms with Crippen molar-refractivity contribution in [3.05, 3.63) is 83.9 Å². The molecule has 1 heterocycles. The number of benzene rings is 3. The van der Waals surface area contributed by atoms with E-state index in [1.54, 1.807) is 0 Å². The van der Waals surface area contributed by atoms with E-state index in [4.69, 9.17) is 4.78 Å². The number of para-hydroxylation sites is 2. The predicted molar refractivity (Wildman–Crippen MR) is 129 cm³/mol. The number of nitrogens with zero attached hydrogens (tertiary/aromatic N) is 1. The molecule has 1 saturated carbocycles. The van der Waals surface area contributed by atoms with Crippen LogP contribution in [0.2, 0.25) is 0 Å². The van der Waals surface area contributed by atoms with Crippen LogP contribution in [0.1, 0.15) is 30.4 Å². The van der Waals surface area contributed by atoms with Crippen LogP contribution >= 0.6 is 0 Å². The molecule has 1 fully saturated rings. The summed E-state index contributed by atoms with van der Waals surface area (Å²) in [6.45, 7) is 0. The lowest BCUT2D eigenvalue weighted by Crippen LogP contribution is -2.35. The molecule has 184 valence electrons. The minimum absolute atomic E-state index is 0.126. The molecule has 9 heteroatoms. The SMILES string of the molecule is N=S(=O)(NC1CCC(N2c3ccccc3CCc3ccccc32)C1)c1ccc(OC(F)(F)F)cc1. The van der Waals surface area contributed by atoms with Gasteiger partial charge in [-0.3, -0.25) is 0 Å². The van der Waals surface area contributed by atoms with Gasteiger partial charge in [0, 0.05) is 23.5 Å². The van der Waals surface area contributed by atoms with E-state index in [0.717, 1.165) is 37.8 Å². The van der Waals surface area contributed by atoms with Gasteiger partial charge in [-0.05, 0) is 79.6 Å². The quantitative estimate of drug-likeness (QED) is 0.428. The summed E-state index contributed by atoms with van der Waals surface area (Å²) in [5, 5.41) is 0. The highest BCUT2D eigenvalue weighted by atomic mass is 32.2. The maximum atomic E-state index is 13.2. The van der Waals surface area contributed by atoms with Gasteiger partial charge < -0.3 is 9.64 Å². The summed E-state index contributed by atoms with van der Waals surface area (Å²) in [4.78, 5) is 2.52. The van der Waals surface area contributed by atoms with Crippen molar-refractivity contribution in [2.24, 2.45) is 0 Å². The maximum Gasteiger partial charge on any atom is 0.573 e. The molecule has 0 aromatic heterocycles. The number of aryl methyl sites for hydroxylation is 2. The van der Waals surface area contributed by atoms with Crippen molar-refractivity contribution < 1.29 is 22.1 Å². The molecule has 5 nitrogen and oxygen atoms in total. The van der Waals surface area contributed by atoms with Crippen molar-refractivity contribution in [1.29, 1.82) is 4.78 Å². The number of ether oxygens (including phenoxy) is 1. The smallest absolute Gasteiger partial charge is 0.406 e. The van der Waals surface area contributed by atoms with Gasteiger partial charge in [-0.15, -0.1) is 13.2 Å². The highest BCUT2D eigenvalue weighted by Crippen LogP contribution is 2.41. The molecule has 3 unspecified atom stereocenters. The molecule has 3 atom stereocenters. The number of fused-ring (bicyclic) bond motifs is 2. The third-order valence-corrected chi connectivity index (χ3v) is 8.26. The van der Waals surface area contributed by atoms with Gasteiger partial charge in [-0.25, -0.2) is 13.7 Å². The first kappa shape index (κ1) is 23.7. The molecule has 0 bridgehead atoms. The van der Waals surface area contributed by atoms with Crippen LogP contribution < -0.4 is 14.4 Å². The van der Waals surface area contributed by atoms with E-state index in [0.29, 0.717) is 6.42 Å². The second-order valence-electron chi connectivity index (χ2n) is 8.98. The highest BCUT2D eigenvalue weighted by Gasteiger charge is 2.35. The number of rotatable bonds is 5. The second kappa shape index (κ2) is 9.20. The van der Waals surface area contributed by atoms with Crippen LogP contribution in [0.3, 0.4) is 0 Å². The lowest BCUT2D eigenvalue weighted by Gasteiger charge is -2.33. The summed E-state index contributed by atoms with van der Waals surface area (Å²) < 4.78 is 65.6. The van der Waals surface area contributed by atoms with Gasteiger partial charge in [-0.1, -0.05) is 36.4 Å². The Balaban J connectivity index is 1.34. The molecule has 0 saturated heterocycles. The zero-order chi connectivity index (χ0) is 24.6. The minimum Gasteiger partial charge on any atom is -0.406 e. The largest absolute Gasteiger partial charge is 0.573 e. The van der Waals surface area contributed by atoms with Crippen LogP contribution in [0.5, 0.6) is 5.75 Å². The first-order valence-electron chi connectivity index (χ1n) is 11.6. The second-order valence-corrected chi connectivity index (χ2v) is 10.8. The van der Waals surface area contributed by atoms with Crippen molar-refractivity contribution in [2.75, 3.05) is 4.90 Å². The lowest BCUT2D eigenvalue weighted by atomic mass is 10.0. The van der Waals surface area contributed by atoms with Crippen LogP contribution in [0, 0.1) is 4.78 Å². The minimum atomic E-state index is -4.80. The van der Waals surface area contributed by atoms with E-state index in [9.17, 15) is 17.4 Å². The van der Waals surface area contributed by atoms with E-state index in [2.05, 4.69) is 50.8 Å². The van der Waals surface area contributed by atoms with Gasteiger partial charge in [0.2, 0.25) is 0 Å². The van der Waals surface area contributed by atoms with Gasteiger partial charge in [0.15, 0.2) is 0 Å². The summed E-state index contributed by atoms with van der Waals surface area (Å²) in [6.07, 6.45) is -0.552. The average Bonchev–Trinajstić information content (AvgIpc) is 3.18. The highest BCUT2D eigenvalue weighted by molar-refractivity contribution is 7.90. The Morgan fingerprint density at radius 1 is 0.886 bits per heavy atom. The van der Waals surface area contributed by atoms with Crippen molar-refractivity contribution in [1.82, 2.24) is 4.72 Å². The van der Waals surface area contributed by atoms with E-state index >= 15 is 0 Å². The Labute approximate surface area is 203 Å². The van der Waals surface area contributed by atoms with E-state index < -0.39 is 22.0 Å². The molecule has 0 spiro atoms. The predicted octanol–water partition coefficient (Wildman–Crippen LogP) is 6.35. The molecule has 0 amide bonds. The van der Waals surface area contributed by atoms with Crippen molar-refractivity contribution >= 4 is 21.3 Å². The number of anilines is 2. The molecule has 3 aromatic carbocycles. The number of hydrogen-bond acceptors (Lipinski definition) is 4. The first-order valence-corrected chi connectivity index (χ1v) is 13.1. The Morgan fingerprint density at radius 2 is 1.46 bits per heavy atom. The van der Waals surface area contributed by atoms with Gasteiger partial charge in [-0.2, -0.15) is 0 Å². The normalized spacial score (nSPS) is 21.5. The Bertz CT molecular complexity index is 1260. The Morgan fingerprint density at radius 3 is 2.03 bits per heavy atom. The molecule has 0 radical (unpaired) electrons. The third-order valence-electron chi connectivity index (χ3n) is 6.66. The molecule has 3 aromatic rings. The number of halogens is 3. The molecular weight excluding hydrogens is 475 g/mol. The van der Waals surface area contributed by atoms with Gasteiger partial charge in [0.05, 0.1) is 4.90 Å². The van der Waals surface area contributed by atoms with Crippen molar-refractivity contribution in [2.45, 2.75) is 55.4 Å². The summed E-state index contributed by atoms with van der Waals surface area (Å²) in [6, 6.07) is 21.5. The van der Waals surface area contributed by atoms with Gasteiger partial charge in [0.1, 0.15) is 15.7 Å². The Kier molecular flexibility index (Phi) is 6.23. The third kappa shape index (κ3) is 5.16. The molecule has 1 aliphatic carbocycles. The number of alkyl halides is 3. The first-order chi connectivity index (χ1) is 16.7. The molecule has 1 aliphatic heterocycles. The van der Waals surface area contributed by atoms with E-state index in [-0.39, 0.29) is 17.0 Å². The molecule has 5 rings (SSSR count). The summed E-state index contributed by atoms with van der Waals surface area (Å²) in [7, 11) is -3.39. The van der Waals surface area contributed by atoms with Crippen molar-refractivity contribution in [3.63, 3.8) is 0 Å². The molecule has 2 aliphatic rings. The summed E-state index contributed by atoms with van der Waals surface area (Å²) in [5.41, 5.74) is 4.97. The van der Waals surface area contributed by atoms with Crippen LogP contribution in [0.4, 0.5) is 24.5 Å². The monoisotopic (exact) mass is 501 g/mol. The summed E-state index contributed by atoms with van der Waals surface area (Å²) >= 11 is 0. The average molecular weight is 502 g/mol. The van der Waals surface area contributed by atoms with Crippen LogP contribution in [-0.2, 0) is 22.8 Å². The number of nitrogens with one attached hydrogen (secondary N) is 2. The van der Waals surface area contributed by atoms with Crippen molar-refractivity contribution in [3.8, 4) is 5.75 Å². The lowest BCUT2D eigenvalue weighted by molar-refractivity contribution is -0.274. The zero-order valence-corrected chi connectivity index (χ0v) is 19.7. The maximum absolute atomic E-state index is 13.2. The van der Waals surface area contributed by atoms with Gasteiger partial charge in [0.25, 0.3) is 0 Å². The molecule has 2 N–H and O–H groups in total. The number of hydrogen-bond donors (Lipinski definition) is 2. The fourth-order valence-corrected chi connectivity index (χ4v) is 6.48. The zero-order valence-electron chi connectivity index (χ0n) is 18.9. The van der Waals surface area contributed by atoms with Crippen LogP contribution in [0.25, 0.3) is 0 Å². The molecular formula is C26H26F3N3O2S. The van der Waals surface area contributed by atoms with Crippen LogP contribution in [0.15, 0.2) is 77.7 Å². The summed E-state index contributed by atoms with van der Waals surface area (Å²) in [5.74, 6) is -0.407.